The third-order valence-corrected chi connectivity index (χ3v) is 7.89. The Bertz CT molecular complexity index is 1120. The number of hydrogen-bond acceptors (Lipinski definition) is 4. The van der Waals surface area contributed by atoms with Crippen LogP contribution in [0.15, 0.2) is 57.9 Å². The lowest BCUT2D eigenvalue weighted by Gasteiger charge is -2.45. The van der Waals surface area contributed by atoms with Crippen LogP contribution in [0.5, 0.6) is 0 Å². The van der Waals surface area contributed by atoms with Crippen LogP contribution in [0.4, 0.5) is 26.3 Å². The molecule has 3 nitrogen and oxygen atoms in total. The van der Waals surface area contributed by atoms with Crippen LogP contribution in [-0.4, -0.2) is 38.8 Å². The number of hydrogen-bond donors (Lipinski definition) is 0. The van der Waals surface area contributed by atoms with E-state index in [4.69, 9.17) is 4.84 Å². The van der Waals surface area contributed by atoms with E-state index in [2.05, 4.69) is 10.1 Å². The van der Waals surface area contributed by atoms with Gasteiger partial charge in [-0.15, -0.1) is 11.8 Å². The highest BCUT2D eigenvalue weighted by atomic mass is 32.2. The summed E-state index contributed by atoms with van der Waals surface area (Å²) in [5, 5.41) is 3.73. The smallest absolute Gasteiger partial charge is 0.380 e. The normalized spacial score (nSPS) is 34.8. The summed E-state index contributed by atoms with van der Waals surface area (Å²) < 4.78 is 87.1. The molecule has 2 unspecified atom stereocenters. The van der Waals surface area contributed by atoms with Crippen LogP contribution in [0.3, 0.4) is 0 Å². The first-order chi connectivity index (χ1) is 13.8. The first-order valence-electron chi connectivity index (χ1n) is 9.00. The lowest BCUT2D eigenvalue weighted by atomic mass is 9.68. The minimum Gasteiger partial charge on any atom is -0.382 e. The quantitative estimate of drug-likeness (QED) is 0.528. The maximum absolute atomic E-state index is 14.9. The molecular formula is C20H14F6N2OS. The molecule has 158 valence electrons. The number of aromatic nitrogens is 1. The molecule has 2 aliphatic heterocycles. The van der Waals surface area contributed by atoms with Gasteiger partial charge in [-0.2, -0.15) is 26.3 Å². The molecule has 4 aliphatic rings. The molecule has 0 spiro atoms. The molecule has 2 aliphatic carbocycles. The van der Waals surface area contributed by atoms with Gasteiger partial charge in [-0.3, -0.25) is 4.98 Å². The first-order valence-corrected chi connectivity index (χ1v) is 9.82. The average Bonchev–Trinajstić information content (AvgIpc) is 3.22. The molecule has 1 aromatic heterocycles. The van der Waals surface area contributed by atoms with Crippen molar-refractivity contribution in [3.63, 3.8) is 0 Å². The average molecular weight is 444 g/mol. The molecule has 1 fully saturated rings. The Balaban J connectivity index is 1.90. The summed E-state index contributed by atoms with van der Waals surface area (Å²) in [6, 6.07) is 4.95. The van der Waals surface area contributed by atoms with Gasteiger partial charge in [0.2, 0.25) is 0 Å². The van der Waals surface area contributed by atoms with Crippen molar-refractivity contribution in [2.75, 3.05) is 0 Å². The number of halogens is 6. The number of fused-ring (bicyclic) bond motifs is 4. The van der Waals surface area contributed by atoms with Crippen molar-refractivity contribution in [3.05, 3.63) is 58.5 Å². The van der Waals surface area contributed by atoms with E-state index in [9.17, 15) is 26.3 Å². The van der Waals surface area contributed by atoms with Crippen molar-refractivity contribution in [3.8, 4) is 0 Å². The first kappa shape index (κ1) is 19.7. The van der Waals surface area contributed by atoms with E-state index in [1.165, 1.54) is 33.0 Å². The fourth-order valence-electron chi connectivity index (χ4n) is 4.63. The van der Waals surface area contributed by atoms with Crippen molar-refractivity contribution >= 4 is 22.4 Å². The minimum atomic E-state index is -5.59. The van der Waals surface area contributed by atoms with Crippen LogP contribution in [0.1, 0.15) is 26.5 Å². The Hall–Kier alpha value is -2.23. The largest absolute Gasteiger partial charge is 0.382 e. The van der Waals surface area contributed by atoms with E-state index in [-0.39, 0.29) is 11.3 Å². The summed E-state index contributed by atoms with van der Waals surface area (Å²) in [7, 11) is 0. The number of pyridine rings is 1. The molecule has 10 heteroatoms. The SMILES string of the molecule is CC1=NOC2(C)C1=C1C(=C3C=C(c4ccccn4)SC32C)C(F)(F)C(F)(F)C1(F)F. The molecule has 0 radical (unpaired) electrons. The predicted molar refractivity (Wildman–Crippen MR) is 99.7 cm³/mol. The minimum absolute atomic E-state index is 0.120. The highest BCUT2D eigenvalue weighted by Crippen LogP contribution is 2.72. The Morgan fingerprint density at radius 2 is 1.60 bits per heavy atom. The zero-order chi connectivity index (χ0) is 21.9. The number of rotatable bonds is 1. The number of alkyl halides is 6. The van der Waals surface area contributed by atoms with E-state index in [1.54, 1.807) is 18.2 Å². The fourth-order valence-corrected chi connectivity index (χ4v) is 6.07. The van der Waals surface area contributed by atoms with Gasteiger partial charge in [-0.05, 0) is 44.6 Å². The Morgan fingerprint density at radius 1 is 0.933 bits per heavy atom. The van der Waals surface area contributed by atoms with Crippen molar-refractivity contribution in [2.45, 2.75) is 48.9 Å². The van der Waals surface area contributed by atoms with Crippen LogP contribution in [0.25, 0.3) is 4.91 Å². The second-order valence-corrected chi connectivity index (χ2v) is 9.38. The molecule has 1 aromatic rings. The molecule has 0 bridgehead atoms. The van der Waals surface area contributed by atoms with E-state index < -0.39 is 44.8 Å². The molecule has 3 heterocycles. The Morgan fingerprint density at radius 3 is 2.23 bits per heavy atom. The summed E-state index contributed by atoms with van der Waals surface area (Å²) in [5.41, 5.74) is -4.81. The van der Waals surface area contributed by atoms with Gasteiger partial charge in [-0.1, -0.05) is 11.2 Å². The molecule has 0 aromatic carbocycles. The second kappa shape index (κ2) is 5.33. The third kappa shape index (κ3) is 1.88. The van der Waals surface area contributed by atoms with Gasteiger partial charge in [0.1, 0.15) is 0 Å². The highest BCUT2D eigenvalue weighted by Gasteiger charge is 2.85. The van der Waals surface area contributed by atoms with E-state index >= 15 is 0 Å². The van der Waals surface area contributed by atoms with Gasteiger partial charge in [0.15, 0.2) is 5.60 Å². The molecule has 0 amide bonds. The van der Waals surface area contributed by atoms with Crippen LogP contribution in [0, 0.1) is 0 Å². The van der Waals surface area contributed by atoms with Crippen molar-refractivity contribution in [1.29, 1.82) is 0 Å². The number of thioether (sulfide) groups is 1. The highest BCUT2D eigenvalue weighted by molar-refractivity contribution is 8.10. The third-order valence-electron chi connectivity index (χ3n) is 6.32. The van der Waals surface area contributed by atoms with E-state index in [1.807, 2.05) is 0 Å². The second-order valence-electron chi connectivity index (χ2n) is 7.92. The van der Waals surface area contributed by atoms with Gasteiger partial charge < -0.3 is 4.84 Å². The molecule has 30 heavy (non-hydrogen) atoms. The maximum Gasteiger partial charge on any atom is 0.380 e. The van der Waals surface area contributed by atoms with Gasteiger partial charge in [0.25, 0.3) is 0 Å². The molecule has 5 rings (SSSR count). The van der Waals surface area contributed by atoms with Crippen molar-refractivity contribution in [2.24, 2.45) is 5.16 Å². The van der Waals surface area contributed by atoms with Gasteiger partial charge in [-0.25, -0.2) is 0 Å². The standard InChI is InChI=1S/C20H14F6N2OS/c1-9-13-15-14(18(21,22)20(25,26)19(15,23)24)10-8-12(11-6-4-5-7-27-11)30-17(10,3)16(13,2)29-28-9/h4-8H,1-3H3. The number of oxime groups is 1. The van der Waals surface area contributed by atoms with Crippen LogP contribution in [0.2, 0.25) is 0 Å². The van der Waals surface area contributed by atoms with Crippen molar-refractivity contribution < 1.29 is 31.2 Å². The predicted octanol–water partition coefficient (Wildman–Crippen LogP) is 5.62. The lowest BCUT2D eigenvalue weighted by Crippen LogP contribution is -2.53. The number of allylic oxidation sites excluding steroid dienone is 3. The van der Waals surface area contributed by atoms with Gasteiger partial charge >= 0.3 is 17.8 Å². The summed E-state index contributed by atoms with van der Waals surface area (Å²) in [6.45, 7) is 4.22. The molecule has 2 atom stereocenters. The lowest BCUT2D eigenvalue weighted by molar-refractivity contribution is -0.258. The van der Waals surface area contributed by atoms with Crippen LogP contribution >= 0.6 is 11.8 Å². The molecule has 0 saturated heterocycles. The fraction of sp³-hybridized carbons (Fsp3) is 0.400. The van der Waals surface area contributed by atoms with Crippen LogP contribution in [-0.2, 0) is 4.84 Å². The summed E-state index contributed by atoms with van der Waals surface area (Å²) >= 11 is 1.06. The zero-order valence-corrected chi connectivity index (χ0v) is 16.7. The van der Waals surface area contributed by atoms with E-state index in [0.29, 0.717) is 10.6 Å². The summed E-state index contributed by atoms with van der Waals surface area (Å²) in [4.78, 5) is 10.1. The summed E-state index contributed by atoms with van der Waals surface area (Å²) in [5.74, 6) is -15.8. The number of nitrogens with zero attached hydrogens (tertiary/aromatic N) is 2. The molecule has 0 N–H and O–H groups in total. The van der Waals surface area contributed by atoms with Gasteiger partial charge in [0, 0.05) is 27.8 Å². The molecular weight excluding hydrogens is 430 g/mol. The monoisotopic (exact) mass is 444 g/mol. The zero-order valence-electron chi connectivity index (χ0n) is 15.9. The Labute approximate surface area is 171 Å². The van der Waals surface area contributed by atoms with Crippen molar-refractivity contribution in [1.82, 2.24) is 4.98 Å². The Kier molecular flexibility index (Phi) is 3.50. The summed E-state index contributed by atoms with van der Waals surface area (Å²) in [6.07, 6.45) is 2.73. The topological polar surface area (TPSA) is 34.5 Å². The van der Waals surface area contributed by atoms with Gasteiger partial charge in [0.05, 0.1) is 16.2 Å². The van der Waals surface area contributed by atoms with E-state index in [0.717, 1.165) is 11.8 Å². The maximum atomic E-state index is 14.9. The van der Waals surface area contributed by atoms with Crippen LogP contribution < -0.4 is 0 Å². The molecule has 1 saturated carbocycles.